The number of para-hydroxylation sites is 1. The van der Waals surface area contributed by atoms with Crippen LogP contribution in [0, 0.1) is 0 Å². The zero-order valence-corrected chi connectivity index (χ0v) is 17.6. The fourth-order valence-corrected chi connectivity index (χ4v) is 4.18. The molecule has 0 saturated heterocycles. The van der Waals surface area contributed by atoms with Crippen molar-refractivity contribution in [2.75, 3.05) is 14.2 Å². The molecule has 0 N–H and O–H groups in total. The van der Waals surface area contributed by atoms with Gasteiger partial charge in [0, 0.05) is 18.9 Å². The van der Waals surface area contributed by atoms with Crippen molar-refractivity contribution < 1.29 is 18.7 Å². The van der Waals surface area contributed by atoms with Crippen molar-refractivity contribution in [2.24, 2.45) is 0 Å². The molecule has 2 aromatic carbocycles. The molecule has 0 aliphatic carbocycles. The molecule has 5 rings (SSSR count). The first-order valence-electron chi connectivity index (χ1n) is 10.1. The van der Waals surface area contributed by atoms with Crippen molar-refractivity contribution in [3.8, 4) is 11.5 Å². The largest absolute Gasteiger partial charge is 0.493 e. The highest BCUT2D eigenvalue weighted by molar-refractivity contribution is 5.99. The number of fused-ring (bicyclic) bond motifs is 2. The molecular formula is C25H20N2O5. The fraction of sp³-hybridized carbons (Fsp3) is 0.160. The number of nitrogens with zero attached hydrogens (tertiary/aromatic N) is 2. The van der Waals surface area contributed by atoms with E-state index in [4.69, 9.17) is 13.9 Å². The Balaban J connectivity index is 1.73. The zero-order valence-electron chi connectivity index (χ0n) is 17.6. The van der Waals surface area contributed by atoms with Crippen molar-refractivity contribution in [2.45, 2.75) is 12.6 Å². The van der Waals surface area contributed by atoms with Crippen molar-refractivity contribution in [3.63, 3.8) is 0 Å². The molecule has 0 bridgehead atoms. The van der Waals surface area contributed by atoms with Crippen molar-refractivity contribution in [1.29, 1.82) is 0 Å². The van der Waals surface area contributed by atoms with Crippen LogP contribution in [0.1, 0.15) is 33.3 Å². The quantitative estimate of drug-likeness (QED) is 0.479. The van der Waals surface area contributed by atoms with E-state index in [0.29, 0.717) is 34.6 Å². The highest BCUT2D eigenvalue weighted by Gasteiger charge is 2.43. The maximum Gasteiger partial charge on any atom is 0.291 e. The molecule has 3 heterocycles. The van der Waals surface area contributed by atoms with Gasteiger partial charge in [0.25, 0.3) is 5.91 Å². The Morgan fingerprint density at radius 3 is 2.47 bits per heavy atom. The predicted molar refractivity (Wildman–Crippen MR) is 118 cm³/mol. The molecule has 1 aliphatic heterocycles. The number of aromatic nitrogens is 1. The number of carbonyl (C=O) groups excluding carboxylic acids is 1. The van der Waals surface area contributed by atoms with Gasteiger partial charge in [0.2, 0.25) is 5.76 Å². The molecule has 1 amide bonds. The van der Waals surface area contributed by atoms with Crippen LogP contribution in [0.3, 0.4) is 0 Å². The minimum atomic E-state index is -0.633. The van der Waals surface area contributed by atoms with E-state index in [2.05, 4.69) is 4.98 Å². The lowest BCUT2D eigenvalue weighted by molar-refractivity contribution is 0.0714. The monoisotopic (exact) mass is 428 g/mol. The van der Waals surface area contributed by atoms with Crippen LogP contribution in [-0.4, -0.2) is 30.0 Å². The Kier molecular flexibility index (Phi) is 4.86. The van der Waals surface area contributed by atoms with Crippen LogP contribution in [0.5, 0.6) is 11.5 Å². The SMILES string of the molecule is COc1ccc([C@@H]2c3c(oc4ccccc4c3=O)C(=O)N2Cc2ccncc2)cc1OC. The van der Waals surface area contributed by atoms with E-state index in [-0.39, 0.29) is 17.1 Å². The Morgan fingerprint density at radius 1 is 0.969 bits per heavy atom. The highest BCUT2D eigenvalue weighted by atomic mass is 16.5. The smallest absolute Gasteiger partial charge is 0.291 e. The van der Waals surface area contributed by atoms with Gasteiger partial charge in [0.1, 0.15) is 5.58 Å². The minimum absolute atomic E-state index is 0.0718. The first-order valence-corrected chi connectivity index (χ1v) is 10.1. The van der Waals surface area contributed by atoms with Gasteiger partial charge in [-0.1, -0.05) is 18.2 Å². The van der Waals surface area contributed by atoms with Gasteiger partial charge in [-0.05, 0) is 47.5 Å². The summed E-state index contributed by atoms with van der Waals surface area (Å²) in [5.74, 6) is 0.814. The molecule has 0 saturated carbocycles. The Hall–Kier alpha value is -4.13. The molecule has 7 nitrogen and oxygen atoms in total. The summed E-state index contributed by atoms with van der Waals surface area (Å²) in [6.45, 7) is 0.292. The Bertz CT molecular complexity index is 1380. The third kappa shape index (κ3) is 3.10. The molecule has 1 aliphatic rings. The maximum atomic E-state index is 13.5. The first-order chi connectivity index (χ1) is 15.6. The number of methoxy groups -OCH3 is 2. The van der Waals surface area contributed by atoms with Crippen LogP contribution < -0.4 is 14.9 Å². The van der Waals surface area contributed by atoms with Crippen molar-refractivity contribution in [3.05, 3.63) is 99.7 Å². The molecule has 0 unspecified atom stereocenters. The van der Waals surface area contributed by atoms with Crippen LogP contribution in [0.15, 0.2) is 76.2 Å². The van der Waals surface area contributed by atoms with E-state index < -0.39 is 6.04 Å². The van der Waals surface area contributed by atoms with Crippen LogP contribution in [0.25, 0.3) is 11.0 Å². The third-order valence-corrected chi connectivity index (χ3v) is 5.70. The standard InChI is InChI=1S/C25H20N2O5/c1-30-19-8-7-16(13-20(19)31-2)22-21-23(28)17-5-3-4-6-18(17)32-24(21)25(29)27(22)14-15-9-11-26-12-10-15/h3-13,22H,14H2,1-2H3/t22-/m1/s1. The van der Waals surface area contributed by atoms with E-state index in [9.17, 15) is 9.59 Å². The number of hydrogen-bond acceptors (Lipinski definition) is 6. The summed E-state index contributed by atoms with van der Waals surface area (Å²) in [5.41, 5.74) is 2.12. The number of benzene rings is 2. The highest BCUT2D eigenvalue weighted by Crippen LogP contribution is 2.41. The molecule has 2 aromatic heterocycles. The van der Waals surface area contributed by atoms with Gasteiger partial charge in [-0.2, -0.15) is 0 Å². The number of carbonyl (C=O) groups is 1. The first kappa shape index (κ1) is 19.8. The summed E-state index contributed by atoms with van der Waals surface area (Å²) in [4.78, 5) is 32.7. The van der Waals surface area contributed by atoms with Crippen LogP contribution in [0.4, 0.5) is 0 Å². The van der Waals surface area contributed by atoms with Gasteiger partial charge in [-0.15, -0.1) is 0 Å². The number of pyridine rings is 1. The number of ether oxygens (including phenoxy) is 2. The summed E-state index contributed by atoms with van der Waals surface area (Å²) >= 11 is 0. The van der Waals surface area contributed by atoms with E-state index in [1.807, 2.05) is 18.2 Å². The molecule has 32 heavy (non-hydrogen) atoms. The van der Waals surface area contributed by atoms with Gasteiger partial charge in [-0.25, -0.2) is 0 Å². The lowest BCUT2D eigenvalue weighted by Gasteiger charge is -2.25. The second-order valence-corrected chi connectivity index (χ2v) is 7.48. The van der Waals surface area contributed by atoms with Crippen LogP contribution in [0.2, 0.25) is 0 Å². The van der Waals surface area contributed by atoms with E-state index in [1.54, 1.807) is 67.9 Å². The summed E-state index contributed by atoms with van der Waals surface area (Å²) in [6.07, 6.45) is 3.35. The van der Waals surface area contributed by atoms with Crippen LogP contribution >= 0.6 is 0 Å². The normalized spacial score (nSPS) is 15.1. The van der Waals surface area contributed by atoms with Gasteiger partial charge in [0.05, 0.1) is 31.2 Å². The van der Waals surface area contributed by atoms with E-state index >= 15 is 0 Å². The summed E-state index contributed by atoms with van der Waals surface area (Å²) in [5, 5.41) is 0.440. The van der Waals surface area contributed by atoms with Gasteiger partial charge < -0.3 is 18.8 Å². The lowest BCUT2D eigenvalue weighted by Crippen LogP contribution is -2.29. The average Bonchev–Trinajstić information content (AvgIpc) is 3.11. The second-order valence-electron chi connectivity index (χ2n) is 7.48. The lowest BCUT2D eigenvalue weighted by atomic mass is 9.98. The number of hydrogen-bond donors (Lipinski definition) is 0. The molecule has 160 valence electrons. The fourth-order valence-electron chi connectivity index (χ4n) is 4.18. The minimum Gasteiger partial charge on any atom is -0.493 e. The summed E-state index contributed by atoms with van der Waals surface area (Å²) in [6, 6.07) is 15.4. The van der Waals surface area contributed by atoms with Gasteiger partial charge in [-0.3, -0.25) is 14.6 Å². The maximum absolute atomic E-state index is 13.5. The number of rotatable bonds is 5. The molecule has 7 heteroatoms. The van der Waals surface area contributed by atoms with E-state index in [1.165, 1.54) is 0 Å². The number of amides is 1. The average molecular weight is 428 g/mol. The Labute approximate surface area is 183 Å². The molecule has 4 aromatic rings. The molecule has 0 fully saturated rings. The Morgan fingerprint density at radius 2 is 1.72 bits per heavy atom. The zero-order chi connectivity index (χ0) is 22.2. The summed E-state index contributed by atoms with van der Waals surface area (Å²) < 4.78 is 16.8. The van der Waals surface area contributed by atoms with E-state index in [0.717, 1.165) is 11.1 Å². The molecule has 0 radical (unpaired) electrons. The predicted octanol–water partition coefficient (Wildman–Crippen LogP) is 3.95. The van der Waals surface area contributed by atoms with Gasteiger partial charge >= 0.3 is 0 Å². The summed E-state index contributed by atoms with van der Waals surface area (Å²) in [7, 11) is 3.11. The molecular weight excluding hydrogens is 408 g/mol. The van der Waals surface area contributed by atoms with Crippen molar-refractivity contribution in [1.82, 2.24) is 9.88 Å². The second kappa shape index (κ2) is 7.85. The van der Waals surface area contributed by atoms with Gasteiger partial charge in [0.15, 0.2) is 16.9 Å². The van der Waals surface area contributed by atoms with Crippen molar-refractivity contribution >= 4 is 16.9 Å². The third-order valence-electron chi connectivity index (χ3n) is 5.70. The molecule has 1 atom stereocenters. The topological polar surface area (TPSA) is 81.9 Å². The van der Waals surface area contributed by atoms with Crippen LogP contribution in [-0.2, 0) is 6.54 Å². The molecule has 0 spiro atoms.